The molecule has 0 radical (unpaired) electrons. The van der Waals surface area contributed by atoms with Crippen molar-refractivity contribution < 1.29 is 14.3 Å². The summed E-state index contributed by atoms with van der Waals surface area (Å²) >= 11 is 0. The molecule has 3 N–H and O–H groups in total. The maximum atomic E-state index is 11.8. The van der Waals surface area contributed by atoms with Crippen molar-refractivity contribution in [1.29, 1.82) is 0 Å². The van der Waals surface area contributed by atoms with E-state index >= 15 is 0 Å². The Kier molecular flexibility index (Phi) is 6.75. The van der Waals surface area contributed by atoms with Crippen LogP contribution in [0.3, 0.4) is 0 Å². The number of nitrogens with one attached hydrogen (secondary N) is 2. The Morgan fingerprint density at radius 3 is 2.67 bits per heavy atom. The standard InChI is InChI=1S/C16H28N2O3/c1-12(2)7-5-8-13(3)18-15(19)17-11-16(4,20)14-9-6-10-21-14/h6,9-10,12-13,20H,5,7-8,11H2,1-4H3,(H2,17,18,19). The average molecular weight is 296 g/mol. The van der Waals surface area contributed by atoms with Gasteiger partial charge in [0, 0.05) is 6.04 Å². The minimum absolute atomic E-state index is 0.102. The number of furan rings is 1. The molecule has 1 rings (SSSR count). The number of carbonyl (C=O) groups excluding carboxylic acids is 1. The largest absolute Gasteiger partial charge is 0.466 e. The van der Waals surface area contributed by atoms with Crippen LogP contribution in [0.2, 0.25) is 0 Å². The third-order valence-electron chi connectivity index (χ3n) is 3.44. The third-order valence-corrected chi connectivity index (χ3v) is 3.44. The zero-order chi connectivity index (χ0) is 15.9. The summed E-state index contributed by atoms with van der Waals surface area (Å²) in [5.41, 5.74) is -1.21. The van der Waals surface area contributed by atoms with Crippen LogP contribution in [0.1, 0.15) is 52.7 Å². The molecule has 120 valence electrons. The van der Waals surface area contributed by atoms with E-state index in [9.17, 15) is 9.90 Å². The maximum Gasteiger partial charge on any atom is 0.315 e. The molecule has 21 heavy (non-hydrogen) atoms. The van der Waals surface area contributed by atoms with E-state index in [2.05, 4.69) is 24.5 Å². The molecule has 5 nitrogen and oxygen atoms in total. The zero-order valence-electron chi connectivity index (χ0n) is 13.5. The van der Waals surface area contributed by atoms with Crippen LogP contribution >= 0.6 is 0 Å². The van der Waals surface area contributed by atoms with E-state index in [0.717, 1.165) is 12.8 Å². The van der Waals surface area contributed by atoms with Crippen LogP contribution in [0.25, 0.3) is 0 Å². The lowest BCUT2D eigenvalue weighted by molar-refractivity contribution is 0.0366. The SMILES string of the molecule is CC(C)CCCC(C)NC(=O)NCC(C)(O)c1ccco1. The first-order chi connectivity index (χ1) is 9.81. The lowest BCUT2D eigenvalue weighted by Crippen LogP contribution is -2.46. The molecule has 1 aromatic rings. The molecular formula is C16H28N2O3. The van der Waals surface area contributed by atoms with Gasteiger partial charge >= 0.3 is 6.03 Å². The molecule has 1 aromatic heterocycles. The quantitative estimate of drug-likeness (QED) is 0.690. The summed E-state index contributed by atoms with van der Waals surface area (Å²) in [5.74, 6) is 1.13. The normalized spacial score (nSPS) is 15.5. The Balaban J connectivity index is 2.27. The monoisotopic (exact) mass is 296 g/mol. The van der Waals surface area contributed by atoms with Crippen molar-refractivity contribution in [1.82, 2.24) is 10.6 Å². The summed E-state index contributed by atoms with van der Waals surface area (Å²) in [5, 5.41) is 15.8. The molecule has 0 aliphatic rings. The fraction of sp³-hybridized carbons (Fsp3) is 0.688. The van der Waals surface area contributed by atoms with Crippen molar-refractivity contribution in [2.45, 2.75) is 58.6 Å². The maximum absolute atomic E-state index is 11.8. The van der Waals surface area contributed by atoms with Crippen molar-refractivity contribution in [2.75, 3.05) is 6.54 Å². The van der Waals surface area contributed by atoms with Crippen LogP contribution in [-0.2, 0) is 5.60 Å². The van der Waals surface area contributed by atoms with Crippen LogP contribution in [0.5, 0.6) is 0 Å². The molecule has 0 saturated heterocycles. The number of hydrogen-bond donors (Lipinski definition) is 3. The van der Waals surface area contributed by atoms with Crippen LogP contribution < -0.4 is 10.6 Å². The van der Waals surface area contributed by atoms with Gasteiger partial charge in [-0.2, -0.15) is 0 Å². The van der Waals surface area contributed by atoms with Crippen LogP contribution in [0.4, 0.5) is 4.79 Å². The number of rotatable bonds is 8. The van der Waals surface area contributed by atoms with Gasteiger partial charge in [0.1, 0.15) is 11.4 Å². The minimum Gasteiger partial charge on any atom is -0.466 e. The second kappa shape index (κ2) is 8.08. The molecule has 0 bridgehead atoms. The van der Waals surface area contributed by atoms with Gasteiger partial charge in [-0.15, -0.1) is 0 Å². The fourth-order valence-corrected chi connectivity index (χ4v) is 2.10. The van der Waals surface area contributed by atoms with Crippen molar-refractivity contribution in [3.8, 4) is 0 Å². The molecule has 2 atom stereocenters. The molecule has 0 aliphatic heterocycles. The predicted molar refractivity (Wildman–Crippen MR) is 83.0 cm³/mol. The van der Waals surface area contributed by atoms with Crippen molar-refractivity contribution in [3.05, 3.63) is 24.2 Å². The molecule has 0 aliphatic carbocycles. The minimum atomic E-state index is -1.21. The number of urea groups is 1. The van der Waals surface area contributed by atoms with Gasteiger partial charge in [0.15, 0.2) is 0 Å². The molecule has 5 heteroatoms. The second-order valence-corrected chi connectivity index (χ2v) is 6.30. The average Bonchev–Trinajstić information content (AvgIpc) is 2.90. The lowest BCUT2D eigenvalue weighted by atomic mass is 10.0. The molecule has 0 spiro atoms. The number of aliphatic hydroxyl groups is 1. The first-order valence-corrected chi connectivity index (χ1v) is 7.62. The third kappa shape index (κ3) is 6.67. The molecule has 0 saturated carbocycles. The summed E-state index contributed by atoms with van der Waals surface area (Å²) in [6.07, 6.45) is 4.73. The summed E-state index contributed by atoms with van der Waals surface area (Å²) < 4.78 is 5.17. The summed E-state index contributed by atoms with van der Waals surface area (Å²) in [6, 6.07) is 3.26. The van der Waals surface area contributed by atoms with E-state index in [-0.39, 0.29) is 18.6 Å². The molecule has 2 unspecified atom stereocenters. The predicted octanol–water partition coefficient (Wildman–Crippen LogP) is 3.00. The van der Waals surface area contributed by atoms with Crippen molar-refractivity contribution >= 4 is 6.03 Å². The number of carbonyl (C=O) groups is 1. The Hall–Kier alpha value is -1.49. The van der Waals surface area contributed by atoms with Gasteiger partial charge in [-0.1, -0.05) is 26.7 Å². The Bertz CT molecular complexity index is 413. The highest BCUT2D eigenvalue weighted by atomic mass is 16.4. The van der Waals surface area contributed by atoms with E-state index in [1.165, 1.54) is 12.7 Å². The topological polar surface area (TPSA) is 74.5 Å². The van der Waals surface area contributed by atoms with Gasteiger partial charge in [0.2, 0.25) is 0 Å². The summed E-state index contributed by atoms with van der Waals surface area (Å²) in [4.78, 5) is 11.8. The first-order valence-electron chi connectivity index (χ1n) is 7.62. The smallest absolute Gasteiger partial charge is 0.315 e. The Morgan fingerprint density at radius 1 is 1.38 bits per heavy atom. The fourth-order valence-electron chi connectivity index (χ4n) is 2.10. The Labute approximate surface area is 127 Å². The van der Waals surface area contributed by atoms with Gasteiger partial charge < -0.3 is 20.2 Å². The van der Waals surface area contributed by atoms with E-state index in [1.807, 2.05) is 6.92 Å². The summed E-state index contributed by atoms with van der Waals surface area (Å²) in [6.45, 7) is 8.09. The van der Waals surface area contributed by atoms with Crippen LogP contribution in [0, 0.1) is 5.92 Å². The van der Waals surface area contributed by atoms with Gasteiger partial charge in [-0.25, -0.2) is 4.79 Å². The molecule has 1 heterocycles. The lowest BCUT2D eigenvalue weighted by Gasteiger charge is -2.22. The van der Waals surface area contributed by atoms with Crippen molar-refractivity contribution in [2.24, 2.45) is 5.92 Å². The van der Waals surface area contributed by atoms with Crippen molar-refractivity contribution in [3.63, 3.8) is 0 Å². The van der Waals surface area contributed by atoms with Gasteiger partial charge in [0.25, 0.3) is 0 Å². The molecule has 0 fully saturated rings. The highest BCUT2D eigenvalue weighted by Gasteiger charge is 2.26. The van der Waals surface area contributed by atoms with E-state index in [1.54, 1.807) is 19.1 Å². The van der Waals surface area contributed by atoms with E-state index < -0.39 is 5.60 Å². The molecule has 2 amide bonds. The number of hydrogen-bond acceptors (Lipinski definition) is 3. The van der Waals surface area contributed by atoms with E-state index in [4.69, 9.17) is 4.42 Å². The highest BCUT2D eigenvalue weighted by molar-refractivity contribution is 5.74. The van der Waals surface area contributed by atoms with Gasteiger partial charge in [-0.3, -0.25) is 0 Å². The van der Waals surface area contributed by atoms with Crippen LogP contribution in [0.15, 0.2) is 22.8 Å². The first kappa shape index (κ1) is 17.6. The summed E-state index contributed by atoms with van der Waals surface area (Å²) in [7, 11) is 0. The number of amides is 2. The Morgan fingerprint density at radius 2 is 2.10 bits per heavy atom. The second-order valence-electron chi connectivity index (χ2n) is 6.30. The highest BCUT2D eigenvalue weighted by Crippen LogP contribution is 2.19. The van der Waals surface area contributed by atoms with Crippen LogP contribution in [-0.4, -0.2) is 23.7 Å². The molecule has 0 aromatic carbocycles. The molecular weight excluding hydrogens is 268 g/mol. The van der Waals surface area contributed by atoms with Gasteiger partial charge in [0.05, 0.1) is 12.8 Å². The van der Waals surface area contributed by atoms with Gasteiger partial charge in [-0.05, 0) is 38.3 Å². The zero-order valence-corrected chi connectivity index (χ0v) is 13.5. The van der Waals surface area contributed by atoms with E-state index in [0.29, 0.717) is 11.7 Å².